The van der Waals surface area contributed by atoms with Crippen molar-refractivity contribution in [1.29, 1.82) is 0 Å². The number of aromatic nitrogens is 8. The topological polar surface area (TPSA) is 266 Å². The molecule has 19 nitrogen and oxygen atoms in total. The van der Waals surface area contributed by atoms with Crippen LogP contribution in [0.5, 0.6) is 11.5 Å². The van der Waals surface area contributed by atoms with Gasteiger partial charge in [-0.3, -0.25) is 19.8 Å². The first-order valence-electron chi connectivity index (χ1n) is 23.3. The van der Waals surface area contributed by atoms with E-state index in [-0.39, 0.29) is 50.9 Å². The molecule has 0 radical (unpaired) electrons. The Morgan fingerprint density at radius 1 is 0.541 bits per heavy atom. The van der Waals surface area contributed by atoms with Crippen LogP contribution in [0.3, 0.4) is 0 Å². The SMILES string of the molecule is C[Si](C)(C)C.Cc1ccc(-n2[nH]c(C)c(N=Nc3cccc(-c4cccc(-n5nn[nH]c5=O)c4)c3O)c2=O)cc1C.Cc1ccc(-n2[nH]c(C)c(N=Nc3cccc(-c4cccc(C(=O)O)c4)c3O)c2=O)cc1C. The van der Waals surface area contributed by atoms with Crippen LogP contribution in [0, 0.1) is 41.5 Å². The molecule has 9 rings (SSSR count). The molecule has 0 bridgehead atoms. The molecule has 0 aliphatic heterocycles. The largest absolute Gasteiger partial charge is 0.505 e. The van der Waals surface area contributed by atoms with Crippen LogP contribution in [0.4, 0.5) is 22.7 Å². The second kappa shape index (κ2) is 22.0. The Morgan fingerprint density at radius 3 is 1.42 bits per heavy atom. The third-order valence-electron chi connectivity index (χ3n) is 11.4. The maximum absolute atomic E-state index is 13.0. The maximum Gasteiger partial charge on any atom is 0.365 e. The third-order valence-corrected chi connectivity index (χ3v) is 11.4. The number of carboxylic acid groups (broad SMARTS) is 1. The molecule has 378 valence electrons. The van der Waals surface area contributed by atoms with E-state index in [1.54, 1.807) is 86.6 Å². The van der Waals surface area contributed by atoms with Crippen molar-refractivity contribution < 1.29 is 20.1 Å². The molecule has 3 heterocycles. The van der Waals surface area contributed by atoms with Crippen molar-refractivity contribution >= 4 is 36.8 Å². The minimum Gasteiger partial charge on any atom is -0.505 e. The van der Waals surface area contributed by atoms with Crippen molar-refractivity contribution in [2.75, 3.05) is 0 Å². The highest BCUT2D eigenvalue weighted by Crippen LogP contribution is 2.39. The van der Waals surface area contributed by atoms with Crippen molar-refractivity contribution in [2.24, 2.45) is 20.5 Å². The molecule has 0 atom stereocenters. The molecule has 20 heteroatoms. The van der Waals surface area contributed by atoms with E-state index < -0.39 is 19.7 Å². The first-order valence-corrected chi connectivity index (χ1v) is 27.3. The van der Waals surface area contributed by atoms with Crippen molar-refractivity contribution in [2.45, 2.75) is 67.7 Å². The normalized spacial score (nSPS) is 11.4. The number of aryl methyl sites for hydroxylation is 6. The fraction of sp³-hybridized carbons (Fsp3) is 0.185. The van der Waals surface area contributed by atoms with Gasteiger partial charge in [0.05, 0.1) is 34.0 Å². The van der Waals surface area contributed by atoms with Gasteiger partial charge in [-0.05, 0) is 146 Å². The molecular weight excluding hydrogens is 957 g/mol. The third kappa shape index (κ3) is 12.1. The number of nitrogens with zero attached hydrogens (tertiary/aromatic N) is 9. The average Bonchev–Trinajstić information content (AvgIpc) is 4.01. The van der Waals surface area contributed by atoms with Gasteiger partial charge in [-0.1, -0.05) is 86.9 Å². The number of carbonyl (C=O) groups is 1. The van der Waals surface area contributed by atoms with Gasteiger partial charge in [0.15, 0.2) is 22.9 Å². The van der Waals surface area contributed by atoms with Crippen LogP contribution in [-0.4, -0.2) is 69.1 Å². The van der Waals surface area contributed by atoms with Gasteiger partial charge >= 0.3 is 11.7 Å². The van der Waals surface area contributed by atoms with Crippen LogP contribution in [0.2, 0.25) is 26.2 Å². The van der Waals surface area contributed by atoms with Crippen molar-refractivity contribution in [3.63, 3.8) is 0 Å². The molecule has 6 N–H and O–H groups in total. The summed E-state index contributed by atoms with van der Waals surface area (Å²) in [5.74, 6) is -1.34. The smallest absolute Gasteiger partial charge is 0.365 e. The lowest BCUT2D eigenvalue weighted by Gasteiger charge is -2.08. The number of hydrogen-bond donors (Lipinski definition) is 6. The van der Waals surface area contributed by atoms with Crippen LogP contribution in [0.1, 0.15) is 44.0 Å². The summed E-state index contributed by atoms with van der Waals surface area (Å²) in [4.78, 5) is 49.1. The lowest BCUT2D eigenvalue weighted by atomic mass is 10.0. The molecule has 3 aromatic heterocycles. The van der Waals surface area contributed by atoms with E-state index in [1.165, 1.54) is 21.5 Å². The minimum atomic E-state index is -1.06. The first kappa shape index (κ1) is 52.5. The number of rotatable bonds is 10. The zero-order chi connectivity index (χ0) is 53.6. The molecule has 0 amide bonds. The number of benzene rings is 6. The summed E-state index contributed by atoms with van der Waals surface area (Å²) in [6.07, 6.45) is 0. The number of tetrazole rings is 1. The Kier molecular flexibility index (Phi) is 15.6. The maximum atomic E-state index is 13.0. The fourth-order valence-corrected chi connectivity index (χ4v) is 7.29. The van der Waals surface area contributed by atoms with E-state index in [0.29, 0.717) is 50.7 Å². The second-order valence-corrected chi connectivity index (χ2v) is 25.1. The van der Waals surface area contributed by atoms with E-state index in [0.717, 1.165) is 26.9 Å². The Morgan fingerprint density at radius 2 is 0.986 bits per heavy atom. The van der Waals surface area contributed by atoms with Crippen molar-refractivity contribution in [3.05, 3.63) is 192 Å². The highest BCUT2D eigenvalue weighted by atomic mass is 28.3. The van der Waals surface area contributed by atoms with Gasteiger partial charge in [0, 0.05) is 19.2 Å². The standard InChI is InChI=1S/C25H22N8O3.C25H22N4O4.C4H12Si/c1-14-10-11-19(12-15(14)2)32-24(35)22(16(3)29-32)27-26-21-9-5-8-20(23(21)34)17-6-4-7-18(13-17)33-25(36)28-30-31-33;1-14-10-11-19(12-15(14)2)29-24(31)22(16(3)28-29)27-26-21-9-5-8-20(23(21)30)17-6-4-7-18(13-17)25(32)33;1-5(2,3)4/h4-13,29,34H,1-3H3,(H,28,31,36);4-13,28,30H,1-3H3,(H,32,33);1-4H3. The van der Waals surface area contributed by atoms with Gasteiger partial charge in [-0.2, -0.15) is 4.68 Å². The van der Waals surface area contributed by atoms with Gasteiger partial charge in [0.1, 0.15) is 11.4 Å². The van der Waals surface area contributed by atoms with E-state index in [2.05, 4.69) is 72.4 Å². The van der Waals surface area contributed by atoms with E-state index >= 15 is 0 Å². The van der Waals surface area contributed by atoms with Crippen molar-refractivity contribution in [3.8, 4) is 50.8 Å². The second-order valence-electron chi connectivity index (χ2n) is 19.1. The van der Waals surface area contributed by atoms with Crippen molar-refractivity contribution in [1.82, 2.24) is 39.8 Å². The number of nitrogens with one attached hydrogen (secondary N) is 3. The Balaban J connectivity index is 0.000000199. The molecule has 0 aliphatic rings. The number of aromatic hydroxyl groups is 2. The summed E-state index contributed by atoms with van der Waals surface area (Å²) in [7, 11) is -0.611. The number of phenols is 2. The van der Waals surface area contributed by atoms with Gasteiger partial charge < -0.3 is 15.3 Å². The number of H-pyrrole nitrogens is 3. The molecule has 0 saturated heterocycles. The molecule has 0 saturated carbocycles. The van der Waals surface area contributed by atoms with Crippen LogP contribution in [0.25, 0.3) is 39.3 Å². The summed E-state index contributed by atoms with van der Waals surface area (Å²) in [5, 5.41) is 63.0. The molecule has 9 aromatic rings. The van der Waals surface area contributed by atoms with Gasteiger partial charge in [-0.25, -0.2) is 24.1 Å². The van der Waals surface area contributed by atoms with Gasteiger partial charge in [0.25, 0.3) is 11.1 Å². The molecule has 0 spiro atoms. The predicted molar refractivity (Wildman–Crippen MR) is 288 cm³/mol. The zero-order valence-electron chi connectivity index (χ0n) is 42.5. The summed E-state index contributed by atoms with van der Waals surface area (Å²) >= 11 is 0. The molecule has 74 heavy (non-hydrogen) atoms. The molecule has 6 aromatic carbocycles. The Labute approximate surface area is 425 Å². The number of aromatic carboxylic acids is 1. The molecule has 0 unspecified atom stereocenters. The lowest BCUT2D eigenvalue weighted by Crippen LogP contribution is -2.15. The summed E-state index contributed by atoms with van der Waals surface area (Å²) in [6.45, 7) is 20.7. The number of hydrogen-bond acceptors (Lipinski definition) is 12. The van der Waals surface area contributed by atoms with E-state index in [4.69, 9.17) is 0 Å². The number of azo groups is 2. The van der Waals surface area contributed by atoms with Gasteiger partial charge in [0.2, 0.25) is 0 Å². The lowest BCUT2D eigenvalue weighted by molar-refractivity contribution is 0.0697. The highest BCUT2D eigenvalue weighted by molar-refractivity contribution is 6.74. The van der Waals surface area contributed by atoms with Crippen LogP contribution in [0.15, 0.2) is 156 Å². The molecular formula is C54H56N12O7Si. The molecule has 0 aliphatic carbocycles. The molecule has 0 fully saturated rings. The average molecular weight is 1010 g/mol. The zero-order valence-corrected chi connectivity index (χ0v) is 43.5. The van der Waals surface area contributed by atoms with E-state index in [9.17, 15) is 34.5 Å². The summed E-state index contributed by atoms with van der Waals surface area (Å²) in [6, 6.07) is 34.5. The van der Waals surface area contributed by atoms with E-state index in [1.807, 2.05) is 64.1 Å². The predicted octanol–water partition coefficient (Wildman–Crippen LogP) is 11.7. The quantitative estimate of drug-likeness (QED) is 0.0561. The Bertz CT molecular complexity index is 3790. The van der Waals surface area contributed by atoms with Crippen LogP contribution >= 0.6 is 0 Å². The number of para-hydroxylation sites is 2. The van der Waals surface area contributed by atoms with Crippen LogP contribution in [-0.2, 0) is 0 Å². The number of carboxylic acids is 1. The number of phenolic OH excluding ortho intramolecular Hbond substituents is 2. The fourth-order valence-electron chi connectivity index (χ4n) is 7.29. The first-order chi connectivity index (χ1) is 35.1. The minimum absolute atomic E-state index is 0.105. The Hall–Kier alpha value is -9.30. The monoisotopic (exact) mass is 1010 g/mol. The van der Waals surface area contributed by atoms with Crippen LogP contribution < -0.4 is 16.8 Å². The highest BCUT2D eigenvalue weighted by Gasteiger charge is 2.17. The summed E-state index contributed by atoms with van der Waals surface area (Å²) < 4.78 is 3.94. The van der Waals surface area contributed by atoms with Gasteiger partial charge in [-0.15, -0.1) is 20.5 Å². The summed E-state index contributed by atoms with van der Waals surface area (Å²) in [5.41, 5.74) is 8.91. The number of aromatic amines is 3.